The van der Waals surface area contributed by atoms with Crippen molar-refractivity contribution in [3.63, 3.8) is 0 Å². The molecule has 27 heavy (non-hydrogen) atoms. The monoisotopic (exact) mass is 381 g/mol. The zero-order chi connectivity index (χ0) is 18.7. The molecule has 1 fully saturated rings. The zero-order valence-electron chi connectivity index (χ0n) is 15.2. The summed E-state index contributed by atoms with van der Waals surface area (Å²) in [5.41, 5.74) is 0.725. The number of piperidine rings is 1. The lowest BCUT2D eigenvalue weighted by molar-refractivity contribution is -0.125. The van der Waals surface area contributed by atoms with E-state index in [1.165, 1.54) is 4.70 Å². The summed E-state index contributed by atoms with van der Waals surface area (Å²) in [6.45, 7) is 2.35. The Balaban J connectivity index is 1.23. The number of benzene rings is 1. The van der Waals surface area contributed by atoms with Gasteiger partial charge in [-0.25, -0.2) is 4.98 Å². The molecule has 0 aliphatic carbocycles. The molecule has 0 spiro atoms. The van der Waals surface area contributed by atoms with Gasteiger partial charge in [0.25, 0.3) is 0 Å². The minimum Gasteiger partial charge on any atom is -0.356 e. The maximum Gasteiger partial charge on any atom is 0.223 e. The lowest BCUT2D eigenvalue weighted by Crippen LogP contribution is -2.41. The van der Waals surface area contributed by atoms with E-state index in [0.29, 0.717) is 13.0 Å². The molecule has 4 rings (SSSR count). The van der Waals surface area contributed by atoms with Crippen LogP contribution in [0.3, 0.4) is 0 Å². The van der Waals surface area contributed by atoms with E-state index < -0.39 is 0 Å². The molecule has 0 saturated carbocycles. The Hall–Kier alpha value is -2.46. The summed E-state index contributed by atoms with van der Waals surface area (Å²) in [4.78, 5) is 19.5. The highest BCUT2D eigenvalue weighted by atomic mass is 32.1. The number of nitrogens with zero attached hydrogens (tertiary/aromatic N) is 4. The van der Waals surface area contributed by atoms with Gasteiger partial charge in [-0.05, 0) is 25.0 Å². The number of terminal acetylenes is 1. The van der Waals surface area contributed by atoms with Gasteiger partial charge in [0.2, 0.25) is 5.91 Å². The van der Waals surface area contributed by atoms with E-state index in [1.54, 1.807) is 11.3 Å². The van der Waals surface area contributed by atoms with Crippen molar-refractivity contribution in [2.24, 2.45) is 16.1 Å². The first kappa shape index (κ1) is 17.9. The van der Waals surface area contributed by atoms with Crippen LogP contribution in [0.25, 0.3) is 10.2 Å². The summed E-state index contributed by atoms with van der Waals surface area (Å²) < 4.78 is 1.21. The standard InChI is InChI=1S/C20H23N5OS/c1-2-3-10-20(23-24-20)11-12-21-18(26)15-8-13-25(14-9-15)19-22-16-6-4-5-7-17(16)27-19/h1,4-7,15H,3,8-14H2,(H,21,26). The molecule has 140 valence electrons. The Labute approximate surface area is 163 Å². The number of para-hydroxylation sites is 1. The molecule has 1 amide bonds. The molecule has 6 nitrogen and oxygen atoms in total. The lowest BCUT2D eigenvalue weighted by atomic mass is 9.96. The highest BCUT2D eigenvalue weighted by Gasteiger charge is 2.38. The number of fused-ring (bicyclic) bond motifs is 1. The van der Waals surface area contributed by atoms with Crippen LogP contribution in [0.1, 0.15) is 32.1 Å². The van der Waals surface area contributed by atoms with E-state index in [-0.39, 0.29) is 17.5 Å². The van der Waals surface area contributed by atoms with Crippen molar-refractivity contribution in [2.75, 3.05) is 24.5 Å². The topological polar surface area (TPSA) is 70.0 Å². The largest absolute Gasteiger partial charge is 0.356 e. The summed E-state index contributed by atoms with van der Waals surface area (Å²) in [5.74, 6) is 2.84. The molecule has 0 bridgehead atoms. The van der Waals surface area contributed by atoms with Crippen LogP contribution in [-0.2, 0) is 4.79 Å². The minimum absolute atomic E-state index is 0.0744. The zero-order valence-corrected chi connectivity index (χ0v) is 16.0. The van der Waals surface area contributed by atoms with Crippen LogP contribution in [0.2, 0.25) is 0 Å². The normalized spacial score (nSPS) is 18.4. The van der Waals surface area contributed by atoms with Crippen LogP contribution in [0.15, 0.2) is 34.5 Å². The van der Waals surface area contributed by atoms with Gasteiger partial charge in [-0.1, -0.05) is 23.5 Å². The second-order valence-corrected chi connectivity index (χ2v) is 8.16. The van der Waals surface area contributed by atoms with Crippen molar-refractivity contribution < 1.29 is 4.79 Å². The Kier molecular flexibility index (Phi) is 5.08. The summed E-state index contributed by atoms with van der Waals surface area (Å²) >= 11 is 1.72. The molecule has 0 radical (unpaired) electrons. The van der Waals surface area contributed by atoms with Gasteiger partial charge in [0.15, 0.2) is 10.8 Å². The van der Waals surface area contributed by atoms with Crippen molar-refractivity contribution in [3.8, 4) is 12.3 Å². The molecule has 1 saturated heterocycles. The molecule has 1 N–H and O–H groups in total. The Morgan fingerprint density at radius 2 is 2.07 bits per heavy atom. The van der Waals surface area contributed by atoms with Crippen LogP contribution >= 0.6 is 11.3 Å². The van der Waals surface area contributed by atoms with E-state index in [9.17, 15) is 4.79 Å². The third-order valence-corrected chi connectivity index (χ3v) is 6.39. The van der Waals surface area contributed by atoms with E-state index in [0.717, 1.165) is 49.4 Å². The number of rotatable bonds is 7. The van der Waals surface area contributed by atoms with Crippen molar-refractivity contribution in [1.82, 2.24) is 10.3 Å². The van der Waals surface area contributed by atoms with Gasteiger partial charge < -0.3 is 10.2 Å². The van der Waals surface area contributed by atoms with Gasteiger partial charge in [-0.2, -0.15) is 10.2 Å². The van der Waals surface area contributed by atoms with Crippen LogP contribution in [-0.4, -0.2) is 36.2 Å². The summed E-state index contributed by atoms with van der Waals surface area (Å²) in [5, 5.41) is 12.3. The second kappa shape index (κ2) is 7.65. The number of hydrogen-bond acceptors (Lipinski definition) is 6. The molecular formula is C20H23N5OS. The van der Waals surface area contributed by atoms with Crippen LogP contribution in [0.4, 0.5) is 5.13 Å². The van der Waals surface area contributed by atoms with Gasteiger partial charge in [-0.15, -0.1) is 12.3 Å². The smallest absolute Gasteiger partial charge is 0.223 e. The van der Waals surface area contributed by atoms with Gasteiger partial charge in [0, 0.05) is 44.8 Å². The summed E-state index contributed by atoms with van der Waals surface area (Å²) in [6, 6.07) is 8.21. The molecule has 0 unspecified atom stereocenters. The highest BCUT2D eigenvalue weighted by molar-refractivity contribution is 7.22. The number of aromatic nitrogens is 1. The van der Waals surface area contributed by atoms with E-state index in [2.05, 4.69) is 32.4 Å². The van der Waals surface area contributed by atoms with Crippen molar-refractivity contribution >= 4 is 32.6 Å². The number of anilines is 1. The Morgan fingerprint density at radius 1 is 1.30 bits per heavy atom. The predicted octanol–water partition coefficient (Wildman–Crippen LogP) is 3.59. The third kappa shape index (κ3) is 4.11. The summed E-state index contributed by atoms with van der Waals surface area (Å²) in [6.07, 6.45) is 9.21. The van der Waals surface area contributed by atoms with Crippen LogP contribution < -0.4 is 10.2 Å². The maximum absolute atomic E-state index is 12.5. The Bertz CT molecular complexity index is 852. The first-order chi connectivity index (χ1) is 13.2. The van der Waals surface area contributed by atoms with E-state index in [4.69, 9.17) is 11.4 Å². The average Bonchev–Trinajstić information content (AvgIpc) is 3.33. The lowest BCUT2D eigenvalue weighted by Gasteiger charge is -2.31. The van der Waals surface area contributed by atoms with E-state index in [1.807, 2.05) is 18.2 Å². The fourth-order valence-electron chi connectivity index (χ4n) is 3.53. The van der Waals surface area contributed by atoms with Gasteiger partial charge in [0.05, 0.1) is 10.2 Å². The number of nitrogens with one attached hydrogen (secondary N) is 1. The molecule has 7 heteroatoms. The third-order valence-electron chi connectivity index (χ3n) is 5.30. The van der Waals surface area contributed by atoms with Gasteiger partial charge in [0.1, 0.15) is 0 Å². The maximum atomic E-state index is 12.5. The minimum atomic E-state index is -0.324. The van der Waals surface area contributed by atoms with Crippen molar-refractivity contribution in [3.05, 3.63) is 24.3 Å². The predicted molar refractivity (Wildman–Crippen MR) is 108 cm³/mol. The Morgan fingerprint density at radius 3 is 2.78 bits per heavy atom. The first-order valence-electron chi connectivity index (χ1n) is 9.45. The van der Waals surface area contributed by atoms with Crippen LogP contribution in [0.5, 0.6) is 0 Å². The fourth-order valence-corrected chi connectivity index (χ4v) is 4.54. The first-order valence-corrected chi connectivity index (χ1v) is 10.3. The molecule has 2 aliphatic heterocycles. The van der Waals surface area contributed by atoms with Gasteiger partial charge >= 0.3 is 0 Å². The molecule has 0 atom stereocenters. The molecule has 2 aromatic rings. The summed E-state index contributed by atoms with van der Waals surface area (Å²) in [7, 11) is 0. The highest BCUT2D eigenvalue weighted by Crippen LogP contribution is 2.36. The van der Waals surface area contributed by atoms with E-state index >= 15 is 0 Å². The molecule has 2 aliphatic rings. The second-order valence-electron chi connectivity index (χ2n) is 7.15. The van der Waals surface area contributed by atoms with Gasteiger partial charge in [-0.3, -0.25) is 4.79 Å². The number of thiazole rings is 1. The quantitative estimate of drug-likeness (QED) is 0.745. The molecular weight excluding hydrogens is 358 g/mol. The SMILES string of the molecule is C#CCCC1(CCNC(=O)C2CCN(c3nc4ccccc4s3)CC2)N=N1. The molecule has 1 aromatic carbocycles. The fraction of sp³-hybridized carbons (Fsp3) is 0.500. The molecule has 3 heterocycles. The number of amides is 1. The van der Waals surface area contributed by atoms with Crippen LogP contribution in [0, 0.1) is 18.3 Å². The van der Waals surface area contributed by atoms with Crippen molar-refractivity contribution in [2.45, 2.75) is 37.8 Å². The number of carbonyl (C=O) groups is 1. The number of carbonyl (C=O) groups excluding carboxylic acids is 1. The van der Waals surface area contributed by atoms with Crippen molar-refractivity contribution in [1.29, 1.82) is 0 Å². The average molecular weight is 382 g/mol. The molecule has 1 aromatic heterocycles. The number of hydrogen-bond donors (Lipinski definition) is 1.